The standard InChI is InChI=1S/C17H27NS/c1-13-9-10-14(2)17(11-13)19-15(3)12-18-16-7-5-4-6-8-16/h9-11,15-16,18H,4-8,12H2,1-3H3. The van der Waals surface area contributed by atoms with Crippen molar-refractivity contribution in [1.29, 1.82) is 0 Å². The van der Waals surface area contributed by atoms with Crippen molar-refractivity contribution in [2.75, 3.05) is 6.54 Å². The van der Waals surface area contributed by atoms with Gasteiger partial charge in [0.15, 0.2) is 0 Å². The van der Waals surface area contributed by atoms with Crippen molar-refractivity contribution >= 4 is 11.8 Å². The van der Waals surface area contributed by atoms with Crippen LogP contribution in [0.15, 0.2) is 23.1 Å². The van der Waals surface area contributed by atoms with E-state index in [1.165, 1.54) is 48.1 Å². The molecule has 1 N–H and O–H groups in total. The molecule has 1 atom stereocenters. The zero-order valence-corrected chi connectivity index (χ0v) is 13.4. The molecule has 2 heteroatoms. The van der Waals surface area contributed by atoms with Crippen LogP contribution in [0.4, 0.5) is 0 Å². The van der Waals surface area contributed by atoms with Crippen LogP contribution in [-0.2, 0) is 0 Å². The van der Waals surface area contributed by atoms with Gasteiger partial charge in [0, 0.05) is 22.7 Å². The fraction of sp³-hybridized carbons (Fsp3) is 0.647. The highest BCUT2D eigenvalue weighted by Gasteiger charge is 2.14. The number of thioether (sulfide) groups is 1. The van der Waals surface area contributed by atoms with E-state index in [1.54, 1.807) is 0 Å². The Bertz CT molecular complexity index is 396. The molecule has 19 heavy (non-hydrogen) atoms. The first kappa shape index (κ1) is 14.9. The van der Waals surface area contributed by atoms with Gasteiger partial charge in [0.05, 0.1) is 0 Å². The molecular formula is C17H27NS. The van der Waals surface area contributed by atoms with Crippen LogP contribution in [0.5, 0.6) is 0 Å². The van der Waals surface area contributed by atoms with E-state index in [2.05, 4.69) is 44.3 Å². The van der Waals surface area contributed by atoms with Gasteiger partial charge in [-0.25, -0.2) is 0 Å². The van der Waals surface area contributed by atoms with Gasteiger partial charge < -0.3 is 5.32 Å². The molecule has 1 aromatic carbocycles. The number of benzene rings is 1. The van der Waals surface area contributed by atoms with Gasteiger partial charge in [-0.2, -0.15) is 0 Å². The summed E-state index contributed by atoms with van der Waals surface area (Å²) in [5.41, 5.74) is 2.76. The minimum absolute atomic E-state index is 0.641. The topological polar surface area (TPSA) is 12.0 Å². The second kappa shape index (κ2) is 7.35. The Morgan fingerprint density at radius 2 is 1.95 bits per heavy atom. The van der Waals surface area contributed by atoms with E-state index in [-0.39, 0.29) is 0 Å². The molecular weight excluding hydrogens is 250 g/mol. The summed E-state index contributed by atoms with van der Waals surface area (Å²) in [6.07, 6.45) is 7.01. The van der Waals surface area contributed by atoms with E-state index in [9.17, 15) is 0 Å². The van der Waals surface area contributed by atoms with Gasteiger partial charge in [-0.3, -0.25) is 0 Å². The van der Waals surface area contributed by atoms with Crippen LogP contribution >= 0.6 is 11.8 Å². The highest BCUT2D eigenvalue weighted by molar-refractivity contribution is 8.00. The number of hydrogen-bond acceptors (Lipinski definition) is 2. The second-order valence-electron chi connectivity index (χ2n) is 5.94. The molecule has 1 aliphatic carbocycles. The molecule has 0 radical (unpaired) electrons. The number of hydrogen-bond donors (Lipinski definition) is 1. The Hall–Kier alpha value is -0.470. The lowest BCUT2D eigenvalue weighted by molar-refractivity contribution is 0.375. The summed E-state index contributed by atoms with van der Waals surface area (Å²) in [4.78, 5) is 1.44. The Morgan fingerprint density at radius 3 is 2.68 bits per heavy atom. The SMILES string of the molecule is Cc1ccc(C)c(SC(C)CNC2CCCCC2)c1. The highest BCUT2D eigenvalue weighted by Crippen LogP contribution is 2.27. The van der Waals surface area contributed by atoms with Crippen molar-refractivity contribution in [3.8, 4) is 0 Å². The molecule has 2 rings (SSSR count). The van der Waals surface area contributed by atoms with E-state index in [0.717, 1.165) is 12.6 Å². The van der Waals surface area contributed by atoms with E-state index >= 15 is 0 Å². The summed E-state index contributed by atoms with van der Waals surface area (Å²) in [5, 5.41) is 4.40. The van der Waals surface area contributed by atoms with E-state index in [4.69, 9.17) is 0 Å². The Morgan fingerprint density at radius 1 is 1.21 bits per heavy atom. The third-order valence-corrected chi connectivity index (χ3v) is 5.23. The maximum absolute atomic E-state index is 3.75. The van der Waals surface area contributed by atoms with Crippen LogP contribution < -0.4 is 5.32 Å². The summed E-state index contributed by atoms with van der Waals surface area (Å²) in [6.45, 7) is 7.85. The van der Waals surface area contributed by atoms with Gasteiger partial charge in [-0.05, 0) is 38.3 Å². The third kappa shape index (κ3) is 4.85. The number of aryl methyl sites for hydroxylation is 2. The van der Waals surface area contributed by atoms with Crippen molar-refractivity contribution in [2.24, 2.45) is 0 Å². The van der Waals surface area contributed by atoms with E-state index < -0.39 is 0 Å². The highest BCUT2D eigenvalue weighted by atomic mass is 32.2. The molecule has 0 aliphatic heterocycles. The first-order valence-corrected chi connectivity index (χ1v) is 8.50. The summed E-state index contributed by atoms with van der Waals surface area (Å²) < 4.78 is 0. The van der Waals surface area contributed by atoms with Crippen molar-refractivity contribution in [2.45, 2.75) is 69.1 Å². The van der Waals surface area contributed by atoms with Gasteiger partial charge in [0.2, 0.25) is 0 Å². The summed E-state index contributed by atoms with van der Waals surface area (Å²) in [7, 11) is 0. The van der Waals surface area contributed by atoms with Crippen LogP contribution in [-0.4, -0.2) is 17.8 Å². The molecule has 0 heterocycles. The smallest absolute Gasteiger partial charge is 0.0191 e. The minimum Gasteiger partial charge on any atom is -0.313 e. The number of rotatable bonds is 5. The maximum atomic E-state index is 3.75. The van der Waals surface area contributed by atoms with Gasteiger partial charge in [0.1, 0.15) is 0 Å². The molecule has 0 spiro atoms. The fourth-order valence-corrected chi connectivity index (χ4v) is 3.85. The molecule has 0 aromatic heterocycles. The predicted octanol–water partition coefficient (Wildman–Crippen LogP) is 4.71. The predicted molar refractivity (Wildman–Crippen MR) is 86.1 cm³/mol. The molecule has 0 saturated heterocycles. The lowest BCUT2D eigenvalue weighted by Gasteiger charge is -2.24. The third-order valence-electron chi connectivity index (χ3n) is 3.97. The average molecular weight is 277 g/mol. The van der Waals surface area contributed by atoms with Crippen LogP contribution in [0.25, 0.3) is 0 Å². The molecule has 1 nitrogen and oxygen atoms in total. The molecule has 1 aromatic rings. The second-order valence-corrected chi connectivity index (χ2v) is 7.42. The molecule has 106 valence electrons. The fourth-order valence-electron chi connectivity index (χ4n) is 2.73. The lowest BCUT2D eigenvalue weighted by Crippen LogP contribution is -2.35. The molecule has 1 aliphatic rings. The summed E-state index contributed by atoms with van der Waals surface area (Å²) >= 11 is 2.01. The Labute approximate surface area is 122 Å². The van der Waals surface area contributed by atoms with Gasteiger partial charge in [-0.1, -0.05) is 43.9 Å². The lowest BCUT2D eigenvalue weighted by atomic mass is 9.95. The van der Waals surface area contributed by atoms with Gasteiger partial charge in [0.25, 0.3) is 0 Å². The maximum Gasteiger partial charge on any atom is 0.0191 e. The van der Waals surface area contributed by atoms with Gasteiger partial charge >= 0.3 is 0 Å². The molecule has 1 saturated carbocycles. The van der Waals surface area contributed by atoms with Crippen molar-refractivity contribution in [1.82, 2.24) is 5.32 Å². The van der Waals surface area contributed by atoms with Crippen LogP contribution in [0.1, 0.15) is 50.2 Å². The van der Waals surface area contributed by atoms with Crippen LogP contribution in [0.3, 0.4) is 0 Å². The monoisotopic (exact) mass is 277 g/mol. The zero-order valence-electron chi connectivity index (χ0n) is 12.5. The first-order chi connectivity index (χ1) is 9.15. The Balaban J connectivity index is 1.80. The summed E-state index contributed by atoms with van der Waals surface area (Å²) in [6, 6.07) is 7.52. The van der Waals surface area contributed by atoms with E-state index in [0.29, 0.717) is 5.25 Å². The largest absolute Gasteiger partial charge is 0.313 e. The average Bonchev–Trinajstić information content (AvgIpc) is 2.42. The first-order valence-electron chi connectivity index (χ1n) is 7.62. The number of nitrogens with one attached hydrogen (secondary N) is 1. The molecule has 0 bridgehead atoms. The van der Waals surface area contributed by atoms with Crippen molar-refractivity contribution in [3.05, 3.63) is 29.3 Å². The molecule has 1 unspecified atom stereocenters. The Kier molecular flexibility index (Phi) is 5.77. The van der Waals surface area contributed by atoms with Crippen LogP contribution in [0.2, 0.25) is 0 Å². The van der Waals surface area contributed by atoms with Crippen molar-refractivity contribution < 1.29 is 0 Å². The van der Waals surface area contributed by atoms with E-state index in [1.807, 2.05) is 11.8 Å². The minimum atomic E-state index is 0.641. The van der Waals surface area contributed by atoms with Crippen molar-refractivity contribution in [3.63, 3.8) is 0 Å². The van der Waals surface area contributed by atoms with Crippen LogP contribution in [0, 0.1) is 13.8 Å². The normalized spacial score (nSPS) is 18.5. The zero-order chi connectivity index (χ0) is 13.7. The molecule has 0 amide bonds. The summed E-state index contributed by atoms with van der Waals surface area (Å²) in [5.74, 6) is 0. The quantitative estimate of drug-likeness (QED) is 0.783. The molecule has 1 fully saturated rings. The van der Waals surface area contributed by atoms with Gasteiger partial charge in [-0.15, -0.1) is 11.8 Å².